The van der Waals surface area contributed by atoms with Crippen LogP contribution in [0.5, 0.6) is 0 Å². The Labute approximate surface area is 191 Å². The third-order valence-corrected chi connectivity index (χ3v) is 5.92. The standard InChI is InChI=1S/C25H26N4O2S/c1-16(2)24(30)27-19-11-9-17(10-12-19)13-26-23-22-20(18-7-5-4-6-8-18)15-32-25(22)29-21(28-23)14-31-3/h4-12,15-16H,13-14H2,1-3H3,(H,27,30)(H,26,28,29). The maximum absolute atomic E-state index is 11.9. The lowest BCUT2D eigenvalue weighted by molar-refractivity contribution is -0.118. The average molecular weight is 447 g/mol. The molecule has 0 bridgehead atoms. The van der Waals surface area contributed by atoms with E-state index in [0.29, 0.717) is 19.0 Å². The van der Waals surface area contributed by atoms with Gasteiger partial charge in [-0.2, -0.15) is 0 Å². The molecule has 2 N–H and O–H groups in total. The van der Waals surface area contributed by atoms with Crippen molar-refractivity contribution >= 4 is 39.0 Å². The van der Waals surface area contributed by atoms with Gasteiger partial charge in [0.2, 0.25) is 5.91 Å². The summed E-state index contributed by atoms with van der Waals surface area (Å²) in [5.74, 6) is 1.40. The number of hydrogen-bond acceptors (Lipinski definition) is 6. The highest BCUT2D eigenvalue weighted by atomic mass is 32.1. The smallest absolute Gasteiger partial charge is 0.226 e. The van der Waals surface area contributed by atoms with E-state index in [1.807, 2.05) is 56.3 Å². The summed E-state index contributed by atoms with van der Waals surface area (Å²) >= 11 is 1.61. The van der Waals surface area contributed by atoms with E-state index in [4.69, 9.17) is 9.72 Å². The second-order valence-electron chi connectivity index (χ2n) is 7.81. The van der Waals surface area contributed by atoms with Crippen LogP contribution in [-0.2, 0) is 22.7 Å². The van der Waals surface area contributed by atoms with E-state index in [0.717, 1.165) is 38.4 Å². The summed E-state index contributed by atoms with van der Waals surface area (Å²) in [4.78, 5) is 22.2. The Morgan fingerprint density at radius 2 is 1.81 bits per heavy atom. The van der Waals surface area contributed by atoms with Gasteiger partial charge in [-0.15, -0.1) is 11.3 Å². The molecule has 32 heavy (non-hydrogen) atoms. The van der Waals surface area contributed by atoms with E-state index >= 15 is 0 Å². The Kier molecular flexibility index (Phi) is 6.78. The van der Waals surface area contributed by atoms with Crippen molar-refractivity contribution in [2.75, 3.05) is 17.7 Å². The maximum Gasteiger partial charge on any atom is 0.226 e. The van der Waals surface area contributed by atoms with E-state index < -0.39 is 0 Å². The molecule has 4 rings (SSSR count). The van der Waals surface area contributed by atoms with Crippen LogP contribution in [0.2, 0.25) is 0 Å². The number of anilines is 2. The van der Waals surface area contributed by atoms with Gasteiger partial charge >= 0.3 is 0 Å². The molecule has 0 aliphatic rings. The summed E-state index contributed by atoms with van der Waals surface area (Å²) < 4.78 is 5.26. The number of ether oxygens (including phenoxy) is 1. The highest BCUT2D eigenvalue weighted by Crippen LogP contribution is 2.37. The number of carbonyl (C=O) groups excluding carboxylic acids is 1. The van der Waals surface area contributed by atoms with Gasteiger partial charge in [0, 0.05) is 36.2 Å². The van der Waals surface area contributed by atoms with Crippen molar-refractivity contribution in [2.45, 2.75) is 27.0 Å². The van der Waals surface area contributed by atoms with Crippen LogP contribution in [-0.4, -0.2) is 23.0 Å². The number of aromatic nitrogens is 2. The summed E-state index contributed by atoms with van der Waals surface area (Å²) in [6.07, 6.45) is 0. The number of nitrogens with one attached hydrogen (secondary N) is 2. The van der Waals surface area contributed by atoms with Gasteiger partial charge in [-0.3, -0.25) is 4.79 Å². The van der Waals surface area contributed by atoms with Crippen molar-refractivity contribution < 1.29 is 9.53 Å². The number of amides is 1. The van der Waals surface area contributed by atoms with Crippen molar-refractivity contribution in [3.63, 3.8) is 0 Å². The Morgan fingerprint density at radius 1 is 1.06 bits per heavy atom. The normalized spacial score (nSPS) is 11.1. The number of nitrogens with zero attached hydrogens (tertiary/aromatic N) is 2. The molecule has 0 atom stereocenters. The lowest BCUT2D eigenvalue weighted by atomic mass is 10.1. The van der Waals surface area contributed by atoms with Gasteiger partial charge in [0.25, 0.3) is 0 Å². The lowest BCUT2D eigenvalue weighted by Gasteiger charge is -2.12. The van der Waals surface area contributed by atoms with Crippen molar-refractivity contribution in [1.29, 1.82) is 0 Å². The van der Waals surface area contributed by atoms with E-state index in [1.54, 1.807) is 18.4 Å². The fourth-order valence-electron chi connectivity index (χ4n) is 3.32. The molecule has 6 nitrogen and oxygen atoms in total. The molecule has 0 saturated heterocycles. The number of methoxy groups -OCH3 is 1. The Balaban J connectivity index is 1.60. The molecular formula is C25H26N4O2S. The predicted molar refractivity (Wildman–Crippen MR) is 131 cm³/mol. The zero-order chi connectivity index (χ0) is 22.5. The summed E-state index contributed by atoms with van der Waals surface area (Å²) in [7, 11) is 1.64. The van der Waals surface area contributed by atoms with Crippen LogP contribution in [0.15, 0.2) is 60.0 Å². The molecule has 0 aliphatic carbocycles. The molecule has 164 valence electrons. The van der Waals surface area contributed by atoms with Gasteiger partial charge in [0.1, 0.15) is 17.3 Å². The van der Waals surface area contributed by atoms with E-state index in [1.165, 1.54) is 0 Å². The predicted octanol–water partition coefficient (Wildman–Crippen LogP) is 5.71. The maximum atomic E-state index is 11.9. The zero-order valence-electron chi connectivity index (χ0n) is 18.4. The van der Waals surface area contributed by atoms with Gasteiger partial charge in [-0.05, 0) is 23.3 Å². The number of benzene rings is 2. The number of fused-ring (bicyclic) bond motifs is 1. The van der Waals surface area contributed by atoms with Gasteiger partial charge < -0.3 is 15.4 Å². The Bertz CT molecular complexity index is 1200. The average Bonchev–Trinajstić information content (AvgIpc) is 3.23. The number of hydrogen-bond donors (Lipinski definition) is 2. The third-order valence-electron chi connectivity index (χ3n) is 5.04. The van der Waals surface area contributed by atoms with E-state index in [2.05, 4.69) is 33.1 Å². The molecule has 1 amide bonds. The first-order valence-electron chi connectivity index (χ1n) is 10.5. The molecule has 0 saturated carbocycles. The molecule has 0 unspecified atom stereocenters. The molecule has 0 radical (unpaired) electrons. The number of thiophene rings is 1. The molecular weight excluding hydrogens is 420 g/mol. The summed E-state index contributed by atoms with van der Waals surface area (Å²) in [6.45, 7) is 4.71. The molecule has 2 aromatic heterocycles. The summed E-state index contributed by atoms with van der Waals surface area (Å²) in [5, 5.41) is 9.55. The first-order valence-corrected chi connectivity index (χ1v) is 11.4. The summed E-state index contributed by atoms with van der Waals surface area (Å²) in [6, 6.07) is 18.1. The lowest BCUT2D eigenvalue weighted by Crippen LogP contribution is -2.17. The highest BCUT2D eigenvalue weighted by Gasteiger charge is 2.15. The minimum absolute atomic E-state index is 0.0100. The first kappa shape index (κ1) is 21.9. The number of carbonyl (C=O) groups is 1. The minimum atomic E-state index is -0.0535. The monoisotopic (exact) mass is 446 g/mol. The van der Waals surface area contributed by atoms with Crippen molar-refractivity contribution in [2.24, 2.45) is 5.92 Å². The molecule has 4 aromatic rings. The summed E-state index contributed by atoms with van der Waals surface area (Å²) in [5.41, 5.74) is 4.13. The molecule has 0 fully saturated rings. The van der Waals surface area contributed by atoms with Crippen LogP contribution in [0.4, 0.5) is 11.5 Å². The molecule has 2 heterocycles. The quantitative estimate of drug-likeness (QED) is 0.362. The van der Waals surface area contributed by atoms with Crippen LogP contribution >= 0.6 is 11.3 Å². The van der Waals surface area contributed by atoms with Crippen molar-refractivity contribution in [3.05, 3.63) is 71.4 Å². The highest BCUT2D eigenvalue weighted by molar-refractivity contribution is 7.17. The van der Waals surface area contributed by atoms with Crippen molar-refractivity contribution in [1.82, 2.24) is 9.97 Å². The molecule has 0 spiro atoms. The topological polar surface area (TPSA) is 76.1 Å². The van der Waals surface area contributed by atoms with E-state index in [-0.39, 0.29) is 11.8 Å². The Morgan fingerprint density at radius 3 is 2.50 bits per heavy atom. The van der Waals surface area contributed by atoms with Crippen LogP contribution in [0.3, 0.4) is 0 Å². The fraction of sp³-hybridized carbons (Fsp3) is 0.240. The number of rotatable bonds is 8. The third kappa shape index (κ3) is 4.95. The minimum Gasteiger partial charge on any atom is -0.377 e. The van der Waals surface area contributed by atoms with Gasteiger partial charge in [0.05, 0.1) is 5.39 Å². The zero-order valence-corrected chi connectivity index (χ0v) is 19.2. The Hall–Kier alpha value is -3.29. The largest absolute Gasteiger partial charge is 0.377 e. The van der Waals surface area contributed by atoms with Crippen LogP contribution in [0.1, 0.15) is 25.2 Å². The van der Waals surface area contributed by atoms with Gasteiger partial charge in [-0.1, -0.05) is 56.3 Å². The van der Waals surface area contributed by atoms with Crippen LogP contribution in [0, 0.1) is 5.92 Å². The van der Waals surface area contributed by atoms with Gasteiger partial charge in [0.15, 0.2) is 5.82 Å². The molecule has 2 aromatic carbocycles. The SMILES string of the molecule is COCc1nc(NCc2ccc(NC(=O)C(C)C)cc2)c2c(-c3ccccc3)csc2n1. The molecule has 0 aliphatic heterocycles. The fourth-order valence-corrected chi connectivity index (χ4v) is 4.28. The van der Waals surface area contributed by atoms with Gasteiger partial charge in [-0.25, -0.2) is 9.97 Å². The van der Waals surface area contributed by atoms with E-state index in [9.17, 15) is 4.79 Å². The molecule has 7 heteroatoms. The second-order valence-corrected chi connectivity index (χ2v) is 8.67. The first-order chi connectivity index (χ1) is 15.5. The van der Waals surface area contributed by atoms with Crippen LogP contribution < -0.4 is 10.6 Å². The van der Waals surface area contributed by atoms with Crippen molar-refractivity contribution in [3.8, 4) is 11.1 Å². The second kappa shape index (κ2) is 9.89. The van der Waals surface area contributed by atoms with Crippen LogP contribution in [0.25, 0.3) is 21.3 Å².